The Labute approximate surface area is 91.3 Å². The molecule has 0 aliphatic heterocycles. The Morgan fingerprint density at radius 1 is 1.27 bits per heavy atom. The molecule has 0 amide bonds. The summed E-state index contributed by atoms with van der Waals surface area (Å²) < 4.78 is 0. The summed E-state index contributed by atoms with van der Waals surface area (Å²) in [5, 5.41) is 6.54. The number of pyridine rings is 1. The fraction of sp³-hybridized carbons (Fsp3) is 0.583. The van der Waals surface area contributed by atoms with Gasteiger partial charge < -0.3 is 10.6 Å². The maximum absolute atomic E-state index is 4.46. The zero-order valence-corrected chi connectivity index (χ0v) is 9.46. The number of aromatic nitrogens is 1. The van der Waals surface area contributed by atoms with E-state index >= 15 is 0 Å². The van der Waals surface area contributed by atoms with Crippen LogP contribution in [0.15, 0.2) is 18.2 Å². The van der Waals surface area contributed by atoms with E-state index in [2.05, 4.69) is 22.5 Å². The molecule has 1 aliphatic carbocycles. The summed E-state index contributed by atoms with van der Waals surface area (Å²) in [6.07, 6.45) is 3.88. The number of hydrogen-bond acceptors (Lipinski definition) is 3. The van der Waals surface area contributed by atoms with Gasteiger partial charge in [0.2, 0.25) is 0 Å². The van der Waals surface area contributed by atoms with E-state index in [1.807, 2.05) is 25.2 Å². The third-order valence-electron chi connectivity index (χ3n) is 3.05. The van der Waals surface area contributed by atoms with Gasteiger partial charge in [-0.05, 0) is 37.3 Å². The van der Waals surface area contributed by atoms with Crippen LogP contribution in [0.25, 0.3) is 0 Å². The van der Waals surface area contributed by atoms with Crippen molar-refractivity contribution in [2.24, 2.45) is 5.92 Å². The first-order chi connectivity index (χ1) is 7.28. The van der Waals surface area contributed by atoms with Gasteiger partial charge in [0, 0.05) is 13.1 Å². The van der Waals surface area contributed by atoms with E-state index < -0.39 is 0 Å². The van der Waals surface area contributed by atoms with Crippen LogP contribution in [-0.2, 0) is 0 Å². The van der Waals surface area contributed by atoms with Gasteiger partial charge >= 0.3 is 0 Å². The first kappa shape index (κ1) is 10.3. The highest BCUT2D eigenvalue weighted by molar-refractivity contribution is 5.45. The van der Waals surface area contributed by atoms with E-state index in [1.165, 1.54) is 19.3 Å². The number of nitrogens with zero attached hydrogens (tertiary/aromatic N) is 1. The fourth-order valence-corrected chi connectivity index (χ4v) is 2.20. The maximum Gasteiger partial charge on any atom is 0.128 e. The highest BCUT2D eigenvalue weighted by Gasteiger charge is 2.21. The summed E-state index contributed by atoms with van der Waals surface area (Å²) in [6, 6.07) is 6.64. The van der Waals surface area contributed by atoms with Gasteiger partial charge in [-0.2, -0.15) is 0 Å². The standard InChI is InChI=1S/C12H19N3/c1-9-6-7-10(8-9)14-12-5-3-4-11(13-2)15-12/h3-5,9-10H,6-8H2,1-2H3,(H2,13,14,15). The van der Waals surface area contributed by atoms with E-state index in [1.54, 1.807) is 0 Å². The molecule has 1 saturated carbocycles. The highest BCUT2D eigenvalue weighted by atomic mass is 15.1. The minimum absolute atomic E-state index is 0.611. The SMILES string of the molecule is CNc1cccc(NC2CCC(C)C2)n1. The van der Waals surface area contributed by atoms with Crippen molar-refractivity contribution in [3.63, 3.8) is 0 Å². The normalized spacial score (nSPS) is 25.2. The van der Waals surface area contributed by atoms with E-state index in [0.717, 1.165) is 17.6 Å². The molecule has 1 aromatic rings. The van der Waals surface area contributed by atoms with Crippen LogP contribution in [0.4, 0.5) is 11.6 Å². The van der Waals surface area contributed by atoms with Crippen molar-refractivity contribution in [2.75, 3.05) is 17.7 Å². The molecule has 0 saturated heterocycles. The van der Waals surface area contributed by atoms with E-state index in [0.29, 0.717) is 6.04 Å². The number of rotatable bonds is 3. The zero-order valence-electron chi connectivity index (χ0n) is 9.46. The zero-order chi connectivity index (χ0) is 10.7. The molecule has 82 valence electrons. The minimum Gasteiger partial charge on any atom is -0.373 e. The van der Waals surface area contributed by atoms with Gasteiger partial charge in [0.15, 0.2) is 0 Å². The van der Waals surface area contributed by atoms with Crippen LogP contribution in [0.1, 0.15) is 26.2 Å². The predicted octanol–water partition coefficient (Wildman–Crippen LogP) is 2.72. The topological polar surface area (TPSA) is 37.0 Å². The lowest BCUT2D eigenvalue weighted by atomic mass is 10.1. The molecule has 0 radical (unpaired) electrons. The van der Waals surface area contributed by atoms with Gasteiger partial charge in [-0.1, -0.05) is 13.0 Å². The molecule has 1 aliphatic rings. The molecule has 1 aromatic heterocycles. The van der Waals surface area contributed by atoms with Gasteiger partial charge in [0.25, 0.3) is 0 Å². The summed E-state index contributed by atoms with van der Waals surface area (Å²) in [4.78, 5) is 4.46. The second kappa shape index (κ2) is 4.51. The third-order valence-corrected chi connectivity index (χ3v) is 3.05. The largest absolute Gasteiger partial charge is 0.373 e. The van der Waals surface area contributed by atoms with Gasteiger partial charge in [0.1, 0.15) is 11.6 Å². The Kier molecular flexibility index (Phi) is 3.09. The van der Waals surface area contributed by atoms with Gasteiger partial charge in [0.05, 0.1) is 0 Å². The number of nitrogens with one attached hydrogen (secondary N) is 2. The van der Waals surface area contributed by atoms with Crippen molar-refractivity contribution >= 4 is 11.6 Å². The Hall–Kier alpha value is -1.25. The molecule has 1 fully saturated rings. The van der Waals surface area contributed by atoms with E-state index in [4.69, 9.17) is 0 Å². The fourth-order valence-electron chi connectivity index (χ4n) is 2.20. The number of hydrogen-bond donors (Lipinski definition) is 2. The van der Waals surface area contributed by atoms with Crippen LogP contribution < -0.4 is 10.6 Å². The van der Waals surface area contributed by atoms with Gasteiger partial charge in [-0.3, -0.25) is 0 Å². The van der Waals surface area contributed by atoms with Crippen molar-refractivity contribution in [1.29, 1.82) is 0 Å². The first-order valence-corrected chi connectivity index (χ1v) is 5.69. The molecule has 15 heavy (non-hydrogen) atoms. The third kappa shape index (κ3) is 2.61. The second-order valence-electron chi connectivity index (χ2n) is 4.42. The quantitative estimate of drug-likeness (QED) is 0.796. The molecule has 2 rings (SSSR count). The summed E-state index contributed by atoms with van der Waals surface area (Å²) in [5.74, 6) is 2.77. The lowest BCUT2D eigenvalue weighted by Gasteiger charge is -2.13. The summed E-state index contributed by atoms with van der Waals surface area (Å²) in [6.45, 7) is 2.32. The Balaban J connectivity index is 1.98. The van der Waals surface area contributed by atoms with E-state index in [9.17, 15) is 0 Å². The van der Waals surface area contributed by atoms with Crippen molar-refractivity contribution in [3.05, 3.63) is 18.2 Å². The monoisotopic (exact) mass is 205 g/mol. The predicted molar refractivity (Wildman–Crippen MR) is 64.2 cm³/mol. The second-order valence-corrected chi connectivity index (χ2v) is 4.42. The van der Waals surface area contributed by atoms with Crippen LogP contribution in [0.2, 0.25) is 0 Å². The van der Waals surface area contributed by atoms with Gasteiger partial charge in [-0.25, -0.2) is 4.98 Å². The molecular formula is C12H19N3. The molecule has 0 bridgehead atoms. The van der Waals surface area contributed by atoms with E-state index in [-0.39, 0.29) is 0 Å². The van der Waals surface area contributed by atoms with Crippen molar-refractivity contribution < 1.29 is 0 Å². The minimum atomic E-state index is 0.611. The lowest BCUT2D eigenvalue weighted by Crippen LogP contribution is -2.16. The van der Waals surface area contributed by atoms with Gasteiger partial charge in [-0.15, -0.1) is 0 Å². The van der Waals surface area contributed by atoms with Crippen molar-refractivity contribution in [3.8, 4) is 0 Å². The molecule has 0 aromatic carbocycles. The molecule has 2 atom stereocenters. The van der Waals surface area contributed by atoms with Crippen molar-refractivity contribution in [2.45, 2.75) is 32.2 Å². The average molecular weight is 205 g/mol. The Bertz CT molecular complexity index is 324. The average Bonchev–Trinajstić information content (AvgIpc) is 2.64. The van der Waals surface area contributed by atoms with Crippen LogP contribution in [0.3, 0.4) is 0 Å². The first-order valence-electron chi connectivity index (χ1n) is 5.69. The molecule has 0 spiro atoms. The molecule has 2 N–H and O–H groups in total. The Morgan fingerprint density at radius 2 is 2.07 bits per heavy atom. The van der Waals surface area contributed by atoms with Crippen LogP contribution >= 0.6 is 0 Å². The Morgan fingerprint density at radius 3 is 2.73 bits per heavy atom. The summed E-state index contributed by atoms with van der Waals surface area (Å²) >= 11 is 0. The molecule has 2 unspecified atom stereocenters. The van der Waals surface area contributed by atoms with Crippen LogP contribution in [-0.4, -0.2) is 18.1 Å². The molecular weight excluding hydrogens is 186 g/mol. The van der Waals surface area contributed by atoms with Crippen LogP contribution in [0, 0.1) is 5.92 Å². The van der Waals surface area contributed by atoms with Crippen LogP contribution in [0.5, 0.6) is 0 Å². The summed E-state index contributed by atoms with van der Waals surface area (Å²) in [7, 11) is 1.89. The maximum atomic E-state index is 4.46. The highest BCUT2D eigenvalue weighted by Crippen LogP contribution is 2.27. The number of anilines is 2. The molecule has 1 heterocycles. The summed E-state index contributed by atoms with van der Waals surface area (Å²) in [5.41, 5.74) is 0. The molecule has 3 nitrogen and oxygen atoms in total. The van der Waals surface area contributed by atoms with Crippen molar-refractivity contribution in [1.82, 2.24) is 4.98 Å². The lowest BCUT2D eigenvalue weighted by molar-refractivity contribution is 0.602. The molecule has 3 heteroatoms. The smallest absolute Gasteiger partial charge is 0.128 e.